The van der Waals surface area contributed by atoms with E-state index in [0.29, 0.717) is 13.1 Å². The van der Waals surface area contributed by atoms with Gasteiger partial charge in [-0.2, -0.15) is 13.2 Å². The molecule has 1 fully saturated rings. The van der Waals surface area contributed by atoms with E-state index in [4.69, 9.17) is 0 Å². The van der Waals surface area contributed by atoms with Crippen molar-refractivity contribution in [2.75, 3.05) is 26.2 Å². The van der Waals surface area contributed by atoms with E-state index in [1.165, 1.54) is 11.3 Å². The van der Waals surface area contributed by atoms with Crippen LogP contribution in [-0.4, -0.2) is 31.1 Å². The van der Waals surface area contributed by atoms with Gasteiger partial charge in [0.25, 0.3) is 0 Å². The van der Waals surface area contributed by atoms with Gasteiger partial charge in [0.1, 0.15) is 5.82 Å². The van der Waals surface area contributed by atoms with Crippen molar-refractivity contribution in [3.63, 3.8) is 0 Å². The predicted molar refractivity (Wildman–Crippen MR) is 96.5 cm³/mol. The Bertz CT molecular complexity index is 659. The molecule has 0 spiro atoms. The summed E-state index contributed by atoms with van der Waals surface area (Å²) in [5, 5.41) is 5.06. The number of nitrogens with one attached hydrogen (secondary N) is 1. The van der Waals surface area contributed by atoms with Crippen LogP contribution in [0, 0.1) is 5.82 Å². The Morgan fingerprint density at radius 2 is 1.76 bits per heavy atom. The van der Waals surface area contributed by atoms with Crippen LogP contribution in [-0.2, 0) is 6.18 Å². The molecule has 1 aromatic carbocycles. The minimum atomic E-state index is -4.48. The monoisotopic (exact) mass is 416 g/mol. The highest BCUT2D eigenvalue weighted by Gasteiger charge is 2.34. The molecule has 2 aromatic rings. The van der Waals surface area contributed by atoms with Gasteiger partial charge in [-0.25, -0.2) is 4.39 Å². The van der Waals surface area contributed by atoms with Gasteiger partial charge in [-0.1, -0.05) is 6.07 Å². The number of benzene rings is 1. The fourth-order valence-corrected chi connectivity index (χ4v) is 3.72. The van der Waals surface area contributed by atoms with Gasteiger partial charge in [0.05, 0.1) is 11.6 Å². The molecule has 2 heterocycles. The van der Waals surface area contributed by atoms with Gasteiger partial charge in [-0.05, 0) is 29.6 Å². The lowest BCUT2D eigenvalue weighted by atomic mass is 9.99. The lowest BCUT2D eigenvalue weighted by molar-refractivity contribution is -0.137. The summed E-state index contributed by atoms with van der Waals surface area (Å²) in [5.41, 5.74) is -0.727. The van der Waals surface area contributed by atoms with Crippen molar-refractivity contribution in [1.29, 1.82) is 0 Å². The van der Waals surface area contributed by atoms with Crippen LogP contribution in [0.1, 0.15) is 22.0 Å². The number of alkyl halides is 3. The zero-order valence-electron chi connectivity index (χ0n) is 13.1. The Morgan fingerprint density at radius 1 is 1.08 bits per heavy atom. The summed E-state index contributed by atoms with van der Waals surface area (Å²) >= 11 is 1.43. The molecule has 25 heavy (non-hydrogen) atoms. The van der Waals surface area contributed by atoms with Crippen molar-refractivity contribution in [3.05, 3.63) is 57.5 Å². The van der Waals surface area contributed by atoms with E-state index in [2.05, 4.69) is 5.32 Å². The average molecular weight is 417 g/mol. The highest BCUT2D eigenvalue weighted by atomic mass is 35.5. The van der Waals surface area contributed by atoms with Gasteiger partial charge in [0, 0.05) is 36.6 Å². The second-order valence-electron chi connectivity index (χ2n) is 5.44. The van der Waals surface area contributed by atoms with Crippen LogP contribution in [0.15, 0.2) is 35.7 Å². The van der Waals surface area contributed by atoms with Crippen LogP contribution < -0.4 is 5.32 Å². The van der Waals surface area contributed by atoms with Crippen LogP contribution in [0.5, 0.6) is 0 Å². The fourth-order valence-electron chi connectivity index (χ4n) is 2.85. The largest absolute Gasteiger partial charge is 0.416 e. The molecule has 140 valence electrons. The molecule has 0 aliphatic carbocycles. The number of thiophene rings is 1. The van der Waals surface area contributed by atoms with Gasteiger partial charge in [0.15, 0.2) is 0 Å². The van der Waals surface area contributed by atoms with Crippen molar-refractivity contribution in [1.82, 2.24) is 10.2 Å². The number of halogens is 6. The fraction of sp³-hybridized carbons (Fsp3) is 0.375. The number of hydrogen-bond acceptors (Lipinski definition) is 3. The SMILES string of the molecule is Cl.Cl.Fc1ccc(C(F)(F)F)cc1[C@H](c1cccs1)N1CCNCC1. The minimum Gasteiger partial charge on any atom is -0.314 e. The number of rotatable bonds is 3. The van der Waals surface area contributed by atoms with Gasteiger partial charge in [-0.15, -0.1) is 36.2 Å². The van der Waals surface area contributed by atoms with Crippen molar-refractivity contribution in [3.8, 4) is 0 Å². The van der Waals surface area contributed by atoms with Crippen LogP contribution in [0.2, 0.25) is 0 Å². The first kappa shape index (κ1) is 22.2. The Kier molecular flexibility index (Phi) is 8.15. The van der Waals surface area contributed by atoms with Gasteiger partial charge in [-0.3, -0.25) is 4.90 Å². The van der Waals surface area contributed by atoms with E-state index in [-0.39, 0.29) is 30.4 Å². The summed E-state index contributed by atoms with van der Waals surface area (Å²) in [6.07, 6.45) is -4.48. The topological polar surface area (TPSA) is 15.3 Å². The summed E-state index contributed by atoms with van der Waals surface area (Å²) in [7, 11) is 0. The third kappa shape index (κ3) is 5.08. The molecule has 0 bridgehead atoms. The first-order chi connectivity index (χ1) is 11.0. The molecule has 0 radical (unpaired) electrons. The third-order valence-electron chi connectivity index (χ3n) is 3.95. The van der Waals surface area contributed by atoms with Gasteiger partial charge < -0.3 is 5.32 Å². The highest BCUT2D eigenvalue weighted by molar-refractivity contribution is 7.10. The summed E-state index contributed by atoms with van der Waals surface area (Å²) < 4.78 is 53.4. The molecule has 1 saturated heterocycles. The van der Waals surface area contributed by atoms with Crippen molar-refractivity contribution in [2.24, 2.45) is 0 Å². The Hall–Kier alpha value is -0.860. The number of hydrogen-bond donors (Lipinski definition) is 1. The first-order valence-electron chi connectivity index (χ1n) is 7.31. The highest BCUT2D eigenvalue weighted by Crippen LogP contribution is 2.37. The molecule has 1 atom stereocenters. The van der Waals surface area contributed by atoms with E-state index in [1.54, 1.807) is 0 Å². The van der Waals surface area contributed by atoms with E-state index in [9.17, 15) is 17.6 Å². The minimum absolute atomic E-state index is 0. The van der Waals surface area contributed by atoms with Crippen LogP contribution in [0.3, 0.4) is 0 Å². The van der Waals surface area contributed by atoms with Crippen molar-refractivity contribution >= 4 is 36.2 Å². The zero-order chi connectivity index (χ0) is 16.4. The maximum absolute atomic E-state index is 14.3. The second kappa shape index (κ2) is 9.19. The van der Waals surface area contributed by atoms with E-state index < -0.39 is 23.6 Å². The average Bonchev–Trinajstić information content (AvgIpc) is 3.03. The Morgan fingerprint density at radius 3 is 2.32 bits per heavy atom. The molecular formula is C16H18Cl2F4N2S. The van der Waals surface area contributed by atoms with Crippen LogP contribution in [0.4, 0.5) is 17.6 Å². The van der Waals surface area contributed by atoms with E-state index >= 15 is 0 Å². The number of nitrogens with zero attached hydrogens (tertiary/aromatic N) is 1. The van der Waals surface area contributed by atoms with E-state index in [1.807, 2.05) is 22.4 Å². The van der Waals surface area contributed by atoms with Crippen LogP contribution in [0.25, 0.3) is 0 Å². The molecule has 1 aromatic heterocycles. The third-order valence-corrected chi connectivity index (χ3v) is 4.87. The summed E-state index contributed by atoms with van der Waals surface area (Å²) in [6, 6.07) is 5.85. The smallest absolute Gasteiger partial charge is 0.314 e. The lowest BCUT2D eigenvalue weighted by Gasteiger charge is -2.35. The summed E-state index contributed by atoms with van der Waals surface area (Å²) in [4.78, 5) is 2.88. The molecule has 3 rings (SSSR count). The van der Waals surface area contributed by atoms with Crippen molar-refractivity contribution < 1.29 is 17.6 Å². The molecule has 2 nitrogen and oxygen atoms in total. The molecular weight excluding hydrogens is 399 g/mol. The maximum Gasteiger partial charge on any atom is 0.416 e. The lowest BCUT2D eigenvalue weighted by Crippen LogP contribution is -2.45. The summed E-state index contributed by atoms with van der Waals surface area (Å²) in [6.45, 7) is 2.81. The van der Waals surface area contributed by atoms with E-state index in [0.717, 1.165) is 36.2 Å². The maximum atomic E-state index is 14.3. The van der Waals surface area contributed by atoms with Crippen molar-refractivity contribution in [2.45, 2.75) is 12.2 Å². The predicted octanol–water partition coefficient (Wildman–Crippen LogP) is 4.74. The molecule has 0 amide bonds. The zero-order valence-corrected chi connectivity index (χ0v) is 15.5. The normalized spacial score (nSPS) is 16.6. The standard InChI is InChI=1S/C16H16F4N2S.2ClH/c17-13-4-3-11(16(18,19)20)10-12(13)15(14-2-1-9-23-14)22-7-5-21-6-8-22;;/h1-4,9-10,15,21H,5-8H2;2*1H/t15-;;/m1../s1. The first-order valence-corrected chi connectivity index (χ1v) is 8.19. The summed E-state index contributed by atoms with van der Waals surface area (Å²) in [5.74, 6) is -0.602. The molecule has 0 saturated carbocycles. The Balaban J connectivity index is 0.00000156. The molecule has 1 aliphatic heterocycles. The molecule has 0 unspecified atom stereocenters. The number of piperazine rings is 1. The Labute approximate surface area is 160 Å². The molecule has 9 heteroatoms. The van der Waals surface area contributed by atoms with Gasteiger partial charge in [0.2, 0.25) is 0 Å². The molecule has 1 N–H and O–H groups in total. The second-order valence-corrected chi connectivity index (χ2v) is 6.42. The quantitative estimate of drug-likeness (QED) is 0.726. The molecule has 1 aliphatic rings. The van der Waals surface area contributed by atoms with Gasteiger partial charge >= 0.3 is 6.18 Å². The van der Waals surface area contributed by atoms with Crippen LogP contribution >= 0.6 is 36.2 Å².